The summed E-state index contributed by atoms with van der Waals surface area (Å²) in [6.07, 6.45) is 0. The van der Waals surface area contributed by atoms with Crippen LogP contribution in [0.2, 0.25) is 0 Å². The molecule has 1 aromatic rings. The highest BCUT2D eigenvalue weighted by atomic mass is 79.9. The normalized spacial score (nSPS) is 9.43. The van der Waals surface area contributed by atoms with Crippen LogP contribution in [0.4, 0.5) is 4.39 Å². The number of hydrogen-bond donors (Lipinski definition) is 0. The number of halogens is 2. The Balaban J connectivity index is 3.12. The Morgan fingerprint density at radius 2 is 2.29 bits per heavy atom. The molecule has 0 aliphatic rings. The van der Waals surface area contributed by atoms with E-state index in [0.717, 1.165) is 0 Å². The zero-order valence-corrected chi connectivity index (χ0v) is 5.72. The summed E-state index contributed by atoms with van der Waals surface area (Å²) in [4.78, 5) is 0. The van der Waals surface area contributed by atoms with Crippen LogP contribution in [0.3, 0.4) is 0 Å². The second-order valence-electron chi connectivity index (χ2n) is 1.07. The molecule has 0 saturated carbocycles. The van der Waals surface area contributed by atoms with E-state index in [9.17, 15) is 4.39 Å². The van der Waals surface area contributed by atoms with Crippen molar-refractivity contribution >= 4 is 27.3 Å². The molecule has 0 saturated heterocycles. The molecule has 0 radical (unpaired) electrons. The SMILES string of the molecule is Fc1cscc1Br. The van der Waals surface area contributed by atoms with Gasteiger partial charge in [0.15, 0.2) is 0 Å². The fraction of sp³-hybridized carbons (Fsp3) is 0. The average molecular weight is 181 g/mol. The summed E-state index contributed by atoms with van der Waals surface area (Å²) in [5, 5.41) is 3.15. The van der Waals surface area contributed by atoms with E-state index in [-0.39, 0.29) is 5.82 Å². The van der Waals surface area contributed by atoms with Crippen LogP contribution < -0.4 is 0 Å². The van der Waals surface area contributed by atoms with Gasteiger partial charge in [0.05, 0.1) is 4.47 Å². The van der Waals surface area contributed by atoms with E-state index in [0.29, 0.717) is 4.47 Å². The van der Waals surface area contributed by atoms with Crippen LogP contribution in [0.1, 0.15) is 0 Å². The van der Waals surface area contributed by atoms with Crippen molar-refractivity contribution in [3.63, 3.8) is 0 Å². The highest BCUT2D eigenvalue weighted by Gasteiger charge is 1.94. The van der Waals surface area contributed by atoms with Crippen LogP contribution in [0, 0.1) is 5.82 Å². The van der Waals surface area contributed by atoms with Crippen LogP contribution in [0.25, 0.3) is 0 Å². The number of hydrogen-bond acceptors (Lipinski definition) is 1. The lowest BCUT2D eigenvalue weighted by molar-refractivity contribution is 0.627. The molecule has 0 bridgehead atoms. The molecule has 0 aromatic carbocycles. The summed E-state index contributed by atoms with van der Waals surface area (Å²) < 4.78 is 12.6. The zero-order valence-electron chi connectivity index (χ0n) is 3.32. The summed E-state index contributed by atoms with van der Waals surface area (Å²) in [5.74, 6) is -0.176. The molecule has 0 aliphatic carbocycles. The number of thiophene rings is 1. The van der Waals surface area contributed by atoms with Gasteiger partial charge >= 0.3 is 0 Å². The lowest BCUT2D eigenvalue weighted by atomic mass is 10.6. The predicted octanol–water partition coefficient (Wildman–Crippen LogP) is 2.65. The van der Waals surface area contributed by atoms with Crippen molar-refractivity contribution in [3.8, 4) is 0 Å². The third-order valence-electron chi connectivity index (χ3n) is 0.571. The summed E-state index contributed by atoms with van der Waals surface area (Å²) in [7, 11) is 0. The number of rotatable bonds is 0. The van der Waals surface area contributed by atoms with Crippen molar-refractivity contribution in [2.45, 2.75) is 0 Å². The van der Waals surface area contributed by atoms with Gasteiger partial charge < -0.3 is 0 Å². The molecule has 0 fully saturated rings. The van der Waals surface area contributed by atoms with Gasteiger partial charge in [-0.2, -0.15) is 0 Å². The molecular weight excluding hydrogens is 179 g/mol. The molecule has 0 unspecified atom stereocenters. The first-order valence-electron chi connectivity index (χ1n) is 1.68. The highest BCUT2D eigenvalue weighted by Crippen LogP contribution is 2.18. The monoisotopic (exact) mass is 180 g/mol. The molecule has 0 aliphatic heterocycles. The van der Waals surface area contributed by atoms with Crippen LogP contribution >= 0.6 is 27.3 Å². The van der Waals surface area contributed by atoms with Gasteiger partial charge in [0.1, 0.15) is 5.82 Å². The van der Waals surface area contributed by atoms with Crippen molar-refractivity contribution in [2.75, 3.05) is 0 Å². The molecule has 1 rings (SSSR count). The second kappa shape index (κ2) is 1.92. The third-order valence-corrected chi connectivity index (χ3v) is 2.20. The first kappa shape index (κ1) is 5.25. The summed E-state index contributed by atoms with van der Waals surface area (Å²) in [5.41, 5.74) is 0. The van der Waals surface area contributed by atoms with Gasteiger partial charge in [0, 0.05) is 10.8 Å². The lowest BCUT2D eigenvalue weighted by Crippen LogP contribution is -1.57. The maximum Gasteiger partial charge on any atom is 0.148 e. The second-order valence-corrected chi connectivity index (χ2v) is 2.67. The van der Waals surface area contributed by atoms with Gasteiger partial charge in [0.25, 0.3) is 0 Å². The predicted molar refractivity (Wildman–Crippen MR) is 32.0 cm³/mol. The van der Waals surface area contributed by atoms with Crippen molar-refractivity contribution in [3.05, 3.63) is 21.1 Å². The molecule has 1 aromatic heterocycles. The minimum absolute atomic E-state index is 0.176. The maximum atomic E-state index is 12.0. The Kier molecular flexibility index (Phi) is 1.44. The Bertz CT molecular complexity index is 144. The van der Waals surface area contributed by atoms with Crippen molar-refractivity contribution < 1.29 is 4.39 Å². The topological polar surface area (TPSA) is 0 Å². The van der Waals surface area contributed by atoms with E-state index in [2.05, 4.69) is 15.9 Å². The van der Waals surface area contributed by atoms with Crippen molar-refractivity contribution in [2.24, 2.45) is 0 Å². The van der Waals surface area contributed by atoms with Gasteiger partial charge in [-0.1, -0.05) is 0 Å². The van der Waals surface area contributed by atoms with E-state index in [4.69, 9.17) is 0 Å². The molecule has 0 amide bonds. The van der Waals surface area contributed by atoms with E-state index in [1.807, 2.05) is 0 Å². The Morgan fingerprint density at radius 1 is 1.57 bits per heavy atom. The molecule has 0 nitrogen and oxygen atoms in total. The fourth-order valence-corrected chi connectivity index (χ4v) is 1.40. The van der Waals surface area contributed by atoms with E-state index in [1.54, 1.807) is 5.38 Å². The van der Waals surface area contributed by atoms with Gasteiger partial charge in [-0.25, -0.2) is 4.39 Å². The van der Waals surface area contributed by atoms with Crippen molar-refractivity contribution in [1.29, 1.82) is 0 Å². The highest BCUT2D eigenvalue weighted by molar-refractivity contribution is 9.10. The Hall–Kier alpha value is 0.110. The Morgan fingerprint density at radius 3 is 2.43 bits per heavy atom. The summed E-state index contributed by atoms with van der Waals surface area (Å²) >= 11 is 4.34. The minimum atomic E-state index is -0.176. The first-order valence-corrected chi connectivity index (χ1v) is 3.41. The smallest absolute Gasteiger partial charge is 0.148 e. The van der Waals surface area contributed by atoms with E-state index < -0.39 is 0 Å². The summed E-state index contributed by atoms with van der Waals surface area (Å²) in [6, 6.07) is 0. The molecule has 7 heavy (non-hydrogen) atoms. The van der Waals surface area contributed by atoms with Gasteiger partial charge in [0.2, 0.25) is 0 Å². The maximum absolute atomic E-state index is 12.0. The Labute approximate surface area is 53.1 Å². The van der Waals surface area contributed by atoms with Crippen LogP contribution in [0.15, 0.2) is 15.2 Å². The van der Waals surface area contributed by atoms with Crippen LogP contribution in [-0.4, -0.2) is 0 Å². The molecule has 38 valence electrons. The van der Waals surface area contributed by atoms with Gasteiger partial charge in [-0.05, 0) is 15.9 Å². The van der Waals surface area contributed by atoms with Crippen molar-refractivity contribution in [1.82, 2.24) is 0 Å². The van der Waals surface area contributed by atoms with Gasteiger partial charge in [-0.3, -0.25) is 0 Å². The van der Waals surface area contributed by atoms with Crippen LogP contribution in [-0.2, 0) is 0 Å². The largest absolute Gasteiger partial charge is 0.205 e. The fourth-order valence-electron chi connectivity index (χ4n) is 0.266. The lowest BCUT2D eigenvalue weighted by Gasteiger charge is -1.72. The minimum Gasteiger partial charge on any atom is -0.205 e. The molecule has 0 N–H and O–H groups in total. The molecule has 0 atom stereocenters. The first-order chi connectivity index (χ1) is 3.30. The van der Waals surface area contributed by atoms with Gasteiger partial charge in [-0.15, -0.1) is 11.3 Å². The summed E-state index contributed by atoms with van der Waals surface area (Å²) in [6.45, 7) is 0. The molecular formula is C4H2BrFS. The van der Waals surface area contributed by atoms with Crippen LogP contribution in [0.5, 0.6) is 0 Å². The zero-order chi connectivity index (χ0) is 5.28. The van der Waals surface area contributed by atoms with E-state index >= 15 is 0 Å². The molecule has 0 spiro atoms. The standard InChI is InChI=1S/C4H2BrFS/c5-3-1-7-2-4(3)6/h1-2H. The molecule has 3 heteroatoms. The average Bonchev–Trinajstić information content (AvgIpc) is 1.91. The third kappa shape index (κ3) is 1.01. The quantitative estimate of drug-likeness (QED) is 0.577. The van der Waals surface area contributed by atoms with E-state index in [1.165, 1.54) is 16.7 Å². The molecule has 1 heterocycles.